The number of hydrogen-bond donors (Lipinski definition) is 2. The van der Waals surface area contributed by atoms with E-state index in [2.05, 4.69) is 20.8 Å². The molecule has 1 aliphatic heterocycles. The lowest BCUT2D eigenvalue weighted by Gasteiger charge is -2.57. The summed E-state index contributed by atoms with van der Waals surface area (Å²) >= 11 is 0. The molecule has 5 heteroatoms. The maximum Gasteiger partial charge on any atom is 0.331 e. The Morgan fingerprint density at radius 3 is 2.44 bits per heavy atom. The molecule has 1 heterocycles. The third-order valence-corrected chi connectivity index (χ3v) is 11.0. The number of ether oxygens (including phenoxy) is 1. The van der Waals surface area contributed by atoms with Gasteiger partial charge in [0.05, 0.1) is 12.2 Å². The molecule has 188 valence electrons. The monoisotopic (exact) mass is 470 g/mol. The molecule has 10 atom stereocenters. The highest BCUT2D eigenvalue weighted by Crippen LogP contribution is 2.66. The Bertz CT molecular complexity index is 933. The van der Waals surface area contributed by atoms with E-state index in [-0.39, 0.29) is 46.4 Å². The van der Waals surface area contributed by atoms with Gasteiger partial charge in [0.1, 0.15) is 0 Å². The molecule has 0 aromatic rings. The molecule has 0 radical (unpaired) electrons. The van der Waals surface area contributed by atoms with Crippen LogP contribution in [0.4, 0.5) is 0 Å². The number of carbonyl (C=O) groups excluding carboxylic acids is 2. The molecule has 3 fully saturated rings. The quantitative estimate of drug-likeness (QED) is 0.586. The fraction of sp³-hybridized carbons (Fsp3) is 0.793. The van der Waals surface area contributed by atoms with Gasteiger partial charge in [-0.15, -0.1) is 0 Å². The number of hydrogen-bond acceptors (Lipinski definition) is 5. The number of aliphatic hydroxyl groups is 2. The summed E-state index contributed by atoms with van der Waals surface area (Å²) in [4.78, 5) is 25.5. The number of carbonyl (C=O) groups is 2. The van der Waals surface area contributed by atoms with Crippen LogP contribution in [0, 0.1) is 46.3 Å². The van der Waals surface area contributed by atoms with Crippen LogP contribution in [0.1, 0.15) is 79.6 Å². The standard InChI is InChI=1S/C29H42O5/c1-15(2)19-14-24(32)34-27(19)26(33)16(3)20-6-7-21-25-22(9-11-29(20,21)5)28(4)10-8-18(30)12-17(28)13-23(25)31/h13-16,18,20-22,25-27,30,33H,6-12H2,1-5H3/t16-,18-,20+,21+,22+,25+,26-,27-,28-,29+/m0/s1. The van der Waals surface area contributed by atoms with Crippen LogP contribution in [0.25, 0.3) is 0 Å². The summed E-state index contributed by atoms with van der Waals surface area (Å²) in [7, 11) is 0. The molecule has 0 spiro atoms. The number of aliphatic hydroxyl groups excluding tert-OH is 2. The summed E-state index contributed by atoms with van der Waals surface area (Å²) in [6.07, 6.45) is 8.40. The highest BCUT2D eigenvalue weighted by atomic mass is 16.6. The van der Waals surface area contributed by atoms with Crippen LogP contribution in [0.2, 0.25) is 0 Å². The Morgan fingerprint density at radius 2 is 1.74 bits per heavy atom. The van der Waals surface area contributed by atoms with Crippen molar-refractivity contribution in [1.82, 2.24) is 0 Å². The molecule has 5 rings (SSSR count). The van der Waals surface area contributed by atoms with E-state index in [0.717, 1.165) is 44.1 Å². The fourth-order valence-electron chi connectivity index (χ4n) is 9.01. The highest BCUT2D eigenvalue weighted by Gasteiger charge is 2.62. The van der Waals surface area contributed by atoms with Gasteiger partial charge in [-0.1, -0.05) is 40.2 Å². The van der Waals surface area contributed by atoms with E-state index < -0.39 is 12.2 Å². The Labute approximate surface area is 204 Å². The number of fused-ring (bicyclic) bond motifs is 5. The molecule has 0 aromatic carbocycles. The predicted octanol–water partition coefficient (Wildman–Crippen LogP) is 4.61. The fourth-order valence-corrected chi connectivity index (χ4v) is 9.01. The van der Waals surface area contributed by atoms with Crippen LogP contribution in [-0.2, 0) is 14.3 Å². The number of cyclic esters (lactones) is 1. The van der Waals surface area contributed by atoms with E-state index >= 15 is 0 Å². The largest absolute Gasteiger partial charge is 0.452 e. The van der Waals surface area contributed by atoms with Gasteiger partial charge >= 0.3 is 5.97 Å². The first-order valence-corrected chi connectivity index (χ1v) is 13.5. The van der Waals surface area contributed by atoms with Gasteiger partial charge < -0.3 is 14.9 Å². The minimum atomic E-state index is -0.732. The van der Waals surface area contributed by atoms with Gasteiger partial charge in [-0.25, -0.2) is 4.79 Å². The molecule has 5 aliphatic rings. The van der Waals surface area contributed by atoms with Gasteiger partial charge in [0.25, 0.3) is 0 Å². The van der Waals surface area contributed by atoms with Gasteiger partial charge in [-0.3, -0.25) is 4.79 Å². The second-order valence-corrected chi connectivity index (χ2v) is 12.9. The van der Waals surface area contributed by atoms with E-state index in [0.29, 0.717) is 24.2 Å². The predicted molar refractivity (Wildman–Crippen MR) is 130 cm³/mol. The Balaban J connectivity index is 1.40. The molecule has 0 bridgehead atoms. The summed E-state index contributed by atoms with van der Waals surface area (Å²) in [5.74, 6) is 1.07. The van der Waals surface area contributed by atoms with Crippen LogP contribution in [0.3, 0.4) is 0 Å². The van der Waals surface area contributed by atoms with E-state index in [1.807, 2.05) is 19.9 Å². The third-order valence-electron chi connectivity index (χ3n) is 11.0. The number of ketones is 1. The minimum absolute atomic E-state index is 0.00255. The van der Waals surface area contributed by atoms with Crippen molar-refractivity contribution in [2.24, 2.45) is 46.3 Å². The van der Waals surface area contributed by atoms with Crippen molar-refractivity contribution >= 4 is 11.8 Å². The van der Waals surface area contributed by atoms with Crippen LogP contribution in [-0.4, -0.2) is 40.3 Å². The molecule has 2 N–H and O–H groups in total. The maximum atomic E-state index is 13.5. The maximum absolute atomic E-state index is 13.5. The first-order valence-electron chi connectivity index (χ1n) is 13.5. The third kappa shape index (κ3) is 3.48. The van der Waals surface area contributed by atoms with Crippen molar-refractivity contribution in [3.63, 3.8) is 0 Å². The first kappa shape index (κ1) is 24.2. The molecule has 4 aliphatic carbocycles. The first-order chi connectivity index (χ1) is 16.0. The lowest BCUT2D eigenvalue weighted by atomic mass is 9.46. The van der Waals surface area contributed by atoms with Crippen molar-refractivity contribution in [3.8, 4) is 0 Å². The molecular weight excluding hydrogens is 428 g/mol. The van der Waals surface area contributed by atoms with Crippen molar-refractivity contribution in [2.75, 3.05) is 0 Å². The molecule has 34 heavy (non-hydrogen) atoms. The smallest absolute Gasteiger partial charge is 0.331 e. The Hall–Kier alpha value is -1.46. The van der Waals surface area contributed by atoms with Crippen LogP contribution in [0.15, 0.2) is 23.3 Å². The zero-order valence-corrected chi connectivity index (χ0v) is 21.4. The van der Waals surface area contributed by atoms with E-state index in [4.69, 9.17) is 4.74 Å². The second-order valence-electron chi connectivity index (χ2n) is 12.9. The minimum Gasteiger partial charge on any atom is -0.452 e. The molecule has 0 aromatic heterocycles. The zero-order valence-electron chi connectivity index (χ0n) is 21.4. The molecule has 0 amide bonds. The molecule has 3 saturated carbocycles. The number of allylic oxidation sites excluding steroid dienone is 1. The summed E-state index contributed by atoms with van der Waals surface area (Å²) in [5.41, 5.74) is 2.09. The van der Waals surface area contributed by atoms with Crippen molar-refractivity contribution in [3.05, 3.63) is 23.3 Å². The number of esters is 1. The Morgan fingerprint density at radius 1 is 1.00 bits per heavy atom. The highest BCUT2D eigenvalue weighted by molar-refractivity contribution is 5.94. The average Bonchev–Trinajstić information content (AvgIpc) is 3.34. The number of rotatable bonds is 4. The molecule has 5 nitrogen and oxygen atoms in total. The zero-order chi connectivity index (χ0) is 24.6. The van der Waals surface area contributed by atoms with Crippen LogP contribution < -0.4 is 0 Å². The van der Waals surface area contributed by atoms with Gasteiger partial charge in [0.15, 0.2) is 11.9 Å². The average molecular weight is 471 g/mol. The van der Waals surface area contributed by atoms with Gasteiger partial charge in [0.2, 0.25) is 0 Å². The van der Waals surface area contributed by atoms with Crippen LogP contribution >= 0.6 is 0 Å². The topological polar surface area (TPSA) is 83.8 Å². The summed E-state index contributed by atoms with van der Waals surface area (Å²) < 4.78 is 5.57. The molecular formula is C29H42O5. The van der Waals surface area contributed by atoms with Gasteiger partial charge in [-0.2, -0.15) is 0 Å². The van der Waals surface area contributed by atoms with Crippen molar-refractivity contribution in [1.29, 1.82) is 0 Å². The summed E-state index contributed by atoms with van der Waals surface area (Å²) in [6.45, 7) is 10.9. The SMILES string of the molecule is CC(C)C1=CC(=O)O[C@@H]1[C@@H](O)[C@@H](C)[C@H]1CC[C@@H]2[C@H]3C(=O)C=C4C[C@@H](O)CC[C@]4(C)[C@@H]3CC[C@]12C. The van der Waals surface area contributed by atoms with E-state index in [1.54, 1.807) is 6.08 Å². The lowest BCUT2D eigenvalue weighted by Crippen LogP contribution is -2.54. The Kier molecular flexibility index (Phi) is 5.92. The van der Waals surface area contributed by atoms with Crippen LogP contribution in [0.5, 0.6) is 0 Å². The molecule has 0 unspecified atom stereocenters. The second kappa shape index (κ2) is 8.30. The van der Waals surface area contributed by atoms with Gasteiger partial charge in [-0.05, 0) is 97.0 Å². The van der Waals surface area contributed by atoms with Crippen molar-refractivity contribution in [2.45, 2.75) is 97.9 Å². The summed E-state index contributed by atoms with van der Waals surface area (Å²) in [5, 5.41) is 21.6. The summed E-state index contributed by atoms with van der Waals surface area (Å²) in [6, 6.07) is 0. The van der Waals surface area contributed by atoms with E-state index in [1.165, 1.54) is 5.57 Å². The van der Waals surface area contributed by atoms with E-state index in [9.17, 15) is 19.8 Å². The lowest BCUT2D eigenvalue weighted by molar-refractivity contribution is -0.148. The molecule has 0 saturated heterocycles. The normalized spacial score (nSPS) is 45.6. The van der Waals surface area contributed by atoms with Crippen molar-refractivity contribution < 1.29 is 24.5 Å². The van der Waals surface area contributed by atoms with Gasteiger partial charge in [0, 0.05) is 12.0 Å².